The van der Waals surface area contributed by atoms with E-state index < -0.39 is 30.9 Å². The fourth-order valence-electron chi connectivity index (χ4n) is 2.98. The molecule has 2 N–H and O–H groups in total. The molecule has 0 aliphatic carbocycles. The molecule has 1 heterocycles. The van der Waals surface area contributed by atoms with Gasteiger partial charge < -0.3 is 15.1 Å². The molecule has 1 amide bonds. The Bertz CT molecular complexity index is 584. The maximum absolute atomic E-state index is 11.9. The van der Waals surface area contributed by atoms with Crippen LogP contribution in [-0.2, 0) is 28.0 Å². The highest BCUT2D eigenvalue weighted by molar-refractivity contribution is 5.85. The van der Waals surface area contributed by atoms with Gasteiger partial charge in [-0.25, -0.2) is 9.13 Å². The average Bonchev–Trinajstić information content (AvgIpc) is 3.00. The molecule has 0 atom stereocenters. The van der Waals surface area contributed by atoms with Crippen LogP contribution in [0.1, 0.15) is 57.8 Å². The zero-order valence-corrected chi connectivity index (χ0v) is 16.2. The van der Waals surface area contributed by atoms with Gasteiger partial charge in [0, 0.05) is 6.42 Å². The Morgan fingerprint density at radius 3 is 1.89 bits per heavy atom. The second-order valence-electron chi connectivity index (χ2n) is 6.93. The molecule has 0 aromatic carbocycles. The summed E-state index contributed by atoms with van der Waals surface area (Å²) in [7, 11) is 2.01. The van der Waals surface area contributed by atoms with Gasteiger partial charge in [-0.05, 0) is 19.3 Å². The number of amides is 1. The summed E-state index contributed by atoms with van der Waals surface area (Å²) < 4.78 is 4.22. The van der Waals surface area contributed by atoms with Gasteiger partial charge in [0.1, 0.15) is 25.5 Å². The molecular formula is C19H32N3O5+. The largest absolute Gasteiger partial charge is 0.480 e. The summed E-state index contributed by atoms with van der Waals surface area (Å²) in [5.74, 6) is -2.80. The van der Waals surface area contributed by atoms with Crippen LogP contribution in [0, 0.1) is 0 Å². The van der Waals surface area contributed by atoms with E-state index in [9.17, 15) is 14.4 Å². The first-order chi connectivity index (χ1) is 12.9. The van der Waals surface area contributed by atoms with Gasteiger partial charge in [-0.2, -0.15) is 0 Å². The summed E-state index contributed by atoms with van der Waals surface area (Å²) in [6, 6.07) is 0. The van der Waals surface area contributed by atoms with E-state index in [-0.39, 0.29) is 6.42 Å². The van der Waals surface area contributed by atoms with Crippen LogP contribution < -0.4 is 4.57 Å². The Balaban J connectivity index is 2.01. The number of rotatable bonds is 15. The minimum Gasteiger partial charge on any atom is -0.480 e. The minimum atomic E-state index is -1.20. The Morgan fingerprint density at radius 1 is 0.889 bits per heavy atom. The molecule has 1 aromatic rings. The van der Waals surface area contributed by atoms with Crippen molar-refractivity contribution in [1.82, 2.24) is 9.47 Å². The van der Waals surface area contributed by atoms with Crippen molar-refractivity contribution in [2.45, 2.75) is 64.3 Å². The van der Waals surface area contributed by atoms with Crippen molar-refractivity contribution in [3.63, 3.8) is 0 Å². The second-order valence-corrected chi connectivity index (χ2v) is 6.93. The first-order valence-corrected chi connectivity index (χ1v) is 9.61. The molecule has 0 aliphatic heterocycles. The van der Waals surface area contributed by atoms with Crippen LogP contribution in [-0.4, -0.2) is 50.6 Å². The fourth-order valence-corrected chi connectivity index (χ4v) is 2.98. The lowest BCUT2D eigenvalue weighted by molar-refractivity contribution is -0.696. The first-order valence-electron chi connectivity index (χ1n) is 9.61. The van der Waals surface area contributed by atoms with Gasteiger partial charge in [0.15, 0.2) is 0 Å². The van der Waals surface area contributed by atoms with Gasteiger partial charge in [0.05, 0.1) is 13.6 Å². The molecule has 1 aromatic heterocycles. The molecule has 0 unspecified atom stereocenters. The van der Waals surface area contributed by atoms with E-state index in [1.165, 1.54) is 25.7 Å². The molecule has 0 saturated carbocycles. The summed E-state index contributed by atoms with van der Waals surface area (Å²) in [5, 5.41) is 17.5. The van der Waals surface area contributed by atoms with E-state index in [0.29, 0.717) is 6.42 Å². The van der Waals surface area contributed by atoms with Crippen LogP contribution in [0.4, 0.5) is 0 Å². The van der Waals surface area contributed by atoms with Crippen molar-refractivity contribution in [2.24, 2.45) is 7.05 Å². The van der Waals surface area contributed by atoms with Gasteiger partial charge in [0.25, 0.3) is 0 Å². The van der Waals surface area contributed by atoms with E-state index in [1.807, 2.05) is 17.8 Å². The third-order valence-corrected chi connectivity index (χ3v) is 4.39. The third-order valence-electron chi connectivity index (χ3n) is 4.39. The molecule has 0 radical (unpaired) electrons. The lowest BCUT2D eigenvalue weighted by Gasteiger charge is -2.18. The van der Waals surface area contributed by atoms with Crippen LogP contribution in [0.3, 0.4) is 0 Å². The number of aryl methyl sites for hydroxylation is 2. The summed E-state index contributed by atoms with van der Waals surface area (Å²) >= 11 is 0. The average molecular weight is 382 g/mol. The lowest BCUT2D eigenvalue weighted by atomic mass is 10.1. The first kappa shape index (κ1) is 22.7. The van der Waals surface area contributed by atoms with Gasteiger partial charge >= 0.3 is 11.9 Å². The van der Waals surface area contributed by atoms with Crippen molar-refractivity contribution in [1.29, 1.82) is 0 Å². The molecule has 0 fully saturated rings. The Hall–Kier alpha value is -2.38. The predicted octanol–water partition coefficient (Wildman–Crippen LogP) is 1.82. The number of aromatic nitrogens is 2. The zero-order chi connectivity index (χ0) is 20.1. The number of nitrogens with zero attached hydrogens (tertiary/aromatic N) is 3. The Morgan fingerprint density at radius 2 is 1.41 bits per heavy atom. The normalized spacial score (nSPS) is 10.7. The summed E-state index contributed by atoms with van der Waals surface area (Å²) in [4.78, 5) is 34.2. The van der Waals surface area contributed by atoms with Crippen molar-refractivity contribution in [2.75, 3.05) is 13.1 Å². The number of unbranched alkanes of at least 4 members (excludes halogenated alkanes) is 7. The molecular weight excluding hydrogens is 350 g/mol. The fraction of sp³-hybridized carbons (Fsp3) is 0.684. The van der Waals surface area contributed by atoms with Crippen LogP contribution in [0.25, 0.3) is 0 Å². The standard InChI is InChI=1S/C19H31N3O5/c1-20-12-13-21(16-20)11-9-7-5-3-2-4-6-8-10-17(23)22(14-18(24)25)15-19(26)27/h12-13,16H,2-11,14-15H2,1H3,(H-,24,25,26,27)/p+1. The number of hydrogen-bond donors (Lipinski definition) is 2. The summed E-state index contributed by atoms with van der Waals surface area (Å²) in [6.07, 6.45) is 14.9. The molecule has 27 heavy (non-hydrogen) atoms. The molecule has 8 heteroatoms. The molecule has 152 valence electrons. The van der Waals surface area contributed by atoms with Gasteiger partial charge in [-0.3, -0.25) is 14.4 Å². The number of carbonyl (C=O) groups excluding carboxylic acids is 1. The van der Waals surface area contributed by atoms with Crippen molar-refractivity contribution >= 4 is 17.8 Å². The quantitative estimate of drug-likeness (QED) is 0.356. The monoisotopic (exact) mass is 382 g/mol. The maximum Gasteiger partial charge on any atom is 0.323 e. The highest BCUT2D eigenvalue weighted by Crippen LogP contribution is 2.10. The topological polar surface area (TPSA) is 104 Å². The van der Waals surface area contributed by atoms with Crippen LogP contribution in [0.2, 0.25) is 0 Å². The van der Waals surface area contributed by atoms with E-state index in [1.54, 1.807) is 0 Å². The number of imidazole rings is 1. The number of carboxylic acids is 2. The highest BCUT2D eigenvalue weighted by atomic mass is 16.4. The summed E-state index contributed by atoms with van der Waals surface area (Å²) in [5.41, 5.74) is 0. The Kier molecular flexibility index (Phi) is 10.8. The van der Waals surface area contributed by atoms with Crippen molar-refractivity contribution < 1.29 is 29.2 Å². The number of aliphatic carboxylic acids is 2. The van der Waals surface area contributed by atoms with Crippen LogP contribution in [0.15, 0.2) is 18.7 Å². The van der Waals surface area contributed by atoms with Crippen molar-refractivity contribution in [3.8, 4) is 0 Å². The van der Waals surface area contributed by atoms with Crippen molar-refractivity contribution in [3.05, 3.63) is 18.7 Å². The molecule has 1 rings (SSSR count). The molecule has 8 nitrogen and oxygen atoms in total. The van der Waals surface area contributed by atoms with E-state index in [0.717, 1.165) is 30.7 Å². The van der Waals surface area contributed by atoms with Crippen LogP contribution >= 0.6 is 0 Å². The minimum absolute atomic E-state index is 0.203. The molecule has 0 aliphatic rings. The second kappa shape index (κ2) is 12.9. The lowest BCUT2D eigenvalue weighted by Crippen LogP contribution is -2.39. The predicted molar refractivity (Wildman–Crippen MR) is 99.0 cm³/mol. The highest BCUT2D eigenvalue weighted by Gasteiger charge is 2.18. The number of carboxylic acid groups (broad SMARTS) is 2. The Labute approximate surface area is 160 Å². The zero-order valence-electron chi connectivity index (χ0n) is 16.2. The molecule has 0 bridgehead atoms. The van der Waals surface area contributed by atoms with E-state index in [2.05, 4.69) is 17.1 Å². The van der Waals surface area contributed by atoms with Gasteiger partial charge in [-0.15, -0.1) is 0 Å². The molecule has 0 saturated heterocycles. The van der Waals surface area contributed by atoms with Crippen LogP contribution in [0.5, 0.6) is 0 Å². The van der Waals surface area contributed by atoms with Gasteiger partial charge in [0.2, 0.25) is 12.2 Å². The SMILES string of the molecule is Cn1cc[n+](CCCCCCCCCCC(=O)N(CC(=O)O)CC(=O)O)c1. The summed E-state index contributed by atoms with van der Waals surface area (Å²) in [6.45, 7) is -0.0784. The van der Waals surface area contributed by atoms with Gasteiger partial charge in [-0.1, -0.05) is 32.1 Å². The molecule has 0 spiro atoms. The maximum atomic E-state index is 11.9. The van der Waals surface area contributed by atoms with E-state index in [4.69, 9.17) is 10.2 Å². The smallest absolute Gasteiger partial charge is 0.323 e. The number of hydrogen-bond acceptors (Lipinski definition) is 3. The third kappa shape index (κ3) is 11.0. The van der Waals surface area contributed by atoms with E-state index >= 15 is 0 Å². The number of carbonyl (C=O) groups is 3.